The predicted molar refractivity (Wildman–Crippen MR) is 129 cm³/mol. The van der Waals surface area contributed by atoms with Gasteiger partial charge >= 0.3 is 0 Å². The first-order chi connectivity index (χ1) is 16.7. The molecule has 168 valence electrons. The van der Waals surface area contributed by atoms with E-state index in [1.54, 1.807) is 18.5 Å². The molecule has 1 saturated carbocycles. The lowest BCUT2D eigenvalue weighted by atomic mass is 9.90. The molecule has 3 aromatic heterocycles. The van der Waals surface area contributed by atoms with E-state index in [9.17, 15) is 4.39 Å². The number of nitrogens with zero attached hydrogens (tertiary/aromatic N) is 5. The maximum absolute atomic E-state index is 14.6. The van der Waals surface area contributed by atoms with Crippen LogP contribution in [0.2, 0.25) is 0 Å². The lowest BCUT2D eigenvalue weighted by Crippen LogP contribution is -2.35. The number of hydrogen-bond donors (Lipinski definition) is 2. The van der Waals surface area contributed by atoms with Gasteiger partial charge in [-0.1, -0.05) is 36.4 Å². The van der Waals surface area contributed by atoms with Crippen LogP contribution in [-0.2, 0) is 5.41 Å². The van der Waals surface area contributed by atoms with E-state index in [1.165, 1.54) is 11.6 Å². The van der Waals surface area contributed by atoms with Crippen molar-refractivity contribution in [1.82, 2.24) is 25.1 Å². The molecule has 3 atom stereocenters. The van der Waals surface area contributed by atoms with Crippen LogP contribution in [-0.4, -0.2) is 44.8 Å². The minimum atomic E-state index is -0.382. The van der Waals surface area contributed by atoms with Crippen molar-refractivity contribution in [2.45, 2.75) is 5.41 Å². The van der Waals surface area contributed by atoms with E-state index in [1.807, 2.05) is 18.2 Å². The van der Waals surface area contributed by atoms with Gasteiger partial charge in [0.05, 0.1) is 6.20 Å². The Balaban J connectivity index is 1.18. The standard InChI is InChI=1S/C26H22FN7/c27-20-10-16(9-15-5-4-8-29-22(15)20)23-24-25(33-32-23)31-21(11-30-24)34-12-18-19(13-34)26(18,14-28)17-6-2-1-3-7-17/h1-11,18-19H,12-14,28H2,(H,31,32,33)/t18-,19+,26?. The molecule has 8 heteroatoms. The number of aromatic nitrogens is 5. The van der Waals surface area contributed by atoms with Gasteiger partial charge in [0, 0.05) is 42.2 Å². The second-order valence-electron chi connectivity index (χ2n) is 9.26. The van der Waals surface area contributed by atoms with Crippen molar-refractivity contribution in [2.24, 2.45) is 17.6 Å². The van der Waals surface area contributed by atoms with Gasteiger partial charge in [-0.2, -0.15) is 5.10 Å². The van der Waals surface area contributed by atoms with Crippen molar-refractivity contribution in [3.8, 4) is 11.3 Å². The summed E-state index contributed by atoms with van der Waals surface area (Å²) in [5.41, 5.74) is 10.5. The Labute approximate surface area is 194 Å². The van der Waals surface area contributed by atoms with Gasteiger partial charge in [-0.15, -0.1) is 0 Å². The molecule has 1 aliphatic heterocycles. The van der Waals surface area contributed by atoms with Crippen LogP contribution < -0.4 is 10.6 Å². The average Bonchev–Trinajstić information content (AvgIpc) is 3.20. The summed E-state index contributed by atoms with van der Waals surface area (Å²) < 4.78 is 14.6. The van der Waals surface area contributed by atoms with E-state index in [4.69, 9.17) is 10.7 Å². The molecule has 1 aliphatic carbocycles. The minimum Gasteiger partial charge on any atom is -0.355 e. The van der Waals surface area contributed by atoms with Crippen LogP contribution in [0.15, 0.2) is 67.0 Å². The lowest BCUT2D eigenvalue weighted by molar-refractivity contribution is 0.553. The fourth-order valence-electron chi connectivity index (χ4n) is 5.95. The van der Waals surface area contributed by atoms with Crippen molar-refractivity contribution >= 4 is 27.9 Å². The Morgan fingerprint density at radius 1 is 1.03 bits per heavy atom. The zero-order valence-corrected chi connectivity index (χ0v) is 18.3. The van der Waals surface area contributed by atoms with E-state index in [-0.39, 0.29) is 11.2 Å². The first-order valence-electron chi connectivity index (χ1n) is 11.5. The summed E-state index contributed by atoms with van der Waals surface area (Å²) in [5.74, 6) is 1.47. The highest BCUT2D eigenvalue weighted by Crippen LogP contribution is 2.63. The highest BCUT2D eigenvalue weighted by Gasteiger charge is 2.68. The molecule has 5 aromatic rings. The van der Waals surface area contributed by atoms with Gasteiger partial charge in [0.25, 0.3) is 0 Å². The van der Waals surface area contributed by atoms with Crippen LogP contribution in [0.25, 0.3) is 33.3 Å². The molecule has 0 amide bonds. The number of aromatic amines is 1. The second kappa shape index (κ2) is 7.04. The smallest absolute Gasteiger partial charge is 0.177 e. The molecule has 1 saturated heterocycles. The quantitative estimate of drug-likeness (QED) is 0.433. The summed E-state index contributed by atoms with van der Waals surface area (Å²) in [6.45, 7) is 2.47. The number of hydrogen-bond acceptors (Lipinski definition) is 6. The largest absolute Gasteiger partial charge is 0.355 e. The van der Waals surface area contributed by atoms with Crippen molar-refractivity contribution in [3.05, 3.63) is 78.4 Å². The Bertz CT molecular complexity index is 1540. The van der Waals surface area contributed by atoms with Gasteiger partial charge in [0.1, 0.15) is 28.4 Å². The highest BCUT2D eigenvalue weighted by molar-refractivity contribution is 5.92. The Morgan fingerprint density at radius 3 is 2.65 bits per heavy atom. The summed E-state index contributed by atoms with van der Waals surface area (Å²) in [5, 5.41) is 8.11. The first kappa shape index (κ1) is 19.5. The van der Waals surface area contributed by atoms with Crippen LogP contribution in [0, 0.1) is 17.7 Å². The third-order valence-electron chi connectivity index (χ3n) is 7.70. The summed E-state index contributed by atoms with van der Waals surface area (Å²) in [6, 6.07) is 17.6. The molecule has 7 nitrogen and oxygen atoms in total. The van der Waals surface area contributed by atoms with Gasteiger partial charge in [-0.3, -0.25) is 10.1 Å². The van der Waals surface area contributed by atoms with Gasteiger partial charge < -0.3 is 10.6 Å². The average molecular weight is 452 g/mol. The third-order valence-corrected chi connectivity index (χ3v) is 7.70. The van der Waals surface area contributed by atoms with Crippen molar-refractivity contribution in [1.29, 1.82) is 0 Å². The summed E-state index contributed by atoms with van der Waals surface area (Å²) >= 11 is 0. The van der Waals surface area contributed by atoms with E-state index in [0.717, 1.165) is 24.3 Å². The Kier molecular flexibility index (Phi) is 4.05. The van der Waals surface area contributed by atoms with Gasteiger partial charge in [-0.25, -0.2) is 14.4 Å². The molecular weight excluding hydrogens is 429 g/mol. The maximum atomic E-state index is 14.6. The van der Waals surface area contributed by atoms with Gasteiger partial charge in [0.15, 0.2) is 5.65 Å². The molecule has 0 spiro atoms. The number of anilines is 1. The summed E-state index contributed by atoms with van der Waals surface area (Å²) in [7, 11) is 0. The Hall–Kier alpha value is -3.91. The van der Waals surface area contributed by atoms with Crippen LogP contribution in [0.1, 0.15) is 5.56 Å². The zero-order chi connectivity index (χ0) is 22.9. The normalized spacial score (nSPS) is 23.5. The molecular formula is C26H22FN7. The number of H-pyrrole nitrogens is 1. The first-order valence-corrected chi connectivity index (χ1v) is 11.5. The summed E-state index contributed by atoms with van der Waals surface area (Å²) in [4.78, 5) is 15.9. The number of nitrogens with two attached hydrogens (primary N) is 1. The molecule has 1 unspecified atom stereocenters. The fraction of sp³-hybridized carbons (Fsp3) is 0.231. The van der Waals surface area contributed by atoms with Crippen LogP contribution in [0.5, 0.6) is 0 Å². The number of benzene rings is 2. The maximum Gasteiger partial charge on any atom is 0.177 e. The molecule has 2 aromatic carbocycles. The molecule has 2 aliphatic rings. The molecule has 0 bridgehead atoms. The van der Waals surface area contributed by atoms with Crippen molar-refractivity contribution in [3.63, 3.8) is 0 Å². The number of piperidine rings is 1. The molecule has 2 fully saturated rings. The molecule has 4 heterocycles. The molecule has 34 heavy (non-hydrogen) atoms. The zero-order valence-electron chi connectivity index (χ0n) is 18.3. The number of nitrogens with one attached hydrogen (secondary N) is 1. The van der Waals surface area contributed by atoms with Crippen molar-refractivity contribution in [2.75, 3.05) is 24.5 Å². The van der Waals surface area contributed by atoms with E-state index in [2.05, 4.69) is 49.3 Å². The second-order valence-corrected chi connectivity index (χ2v) is 9.26. The lowest BCUT2D eigenvalue weighted by Gasteiger charge is -2.26. The predicted octanol–water partition coefficient (Wildman–Crippen LogP) is 3.67. The highest BCUT2D eigenvalue weighted by atomic mass is 19.1. The molecule has 7 rings (SSSR count). The Morgan fingerprint density at radius 2 is 1.85 bits per heavy atom. The topological polar surface area (TPSA) is 96.6 Å². The van der Waals surface area contributed by atoms with E-state index < -0.39 is 0 Å². The van der Waals surface area contributed by atoms with Gasteiger partial charge in [0.2, 0.25) is 0 Å². The number of pyridine rings is 1. The van der Waals surface area contributed by atoms with Crippen LogP contribution >= 0.6 is 0 Å². The fourth-order valence-corrected chi connectivity index (χ4v) is 5.95. The molecule has 0 radical (unpaired) electrons. The number of fused-ring (bicyclic) bond motifs is 3. The monoisotopic (exact) mass is 451 g/mol. The molecule has 3 N–H and O–H groups in total. The third kappa shape index (κ3) is 2.66. The number of rotatable bonds is 4. The SMILES string of the molecule is NCC1(c2ccccc2)[C@@H]2CN(c3cnc4c(-c5cc(F)c6ncccc6c5)n[nH]c4n3)C[C@@H]21. The number of halogens is 1. The van der Waals surface area contributed by atoms with Crippen LogP contribution in [0.4, 0.5) is 10.2 Å². The summed E-state index contributed by atoms with van der Waals surface area (Å²) in [6.07, 6.45) is 3.37. The van der Waals surface area contributed by atoms with Crippen LogP contribution in [0.3, 0.4) is 0 Å². The van der Waals surface area contributed by atoms with E-state index >= 15 is 0 Å². The van der Waals surface area contributed by atoms with Crippen molar-refractivity contribution < 1.29 is 4.39 Å². The minimum absolute atomic E-state index is 0.0749. The van der Waals surface area contributed by atoms with E-state index in [0.29, 0.717) is 46.3 Å². The van der Waals surface area contributed by atoms with Gasteiger partial charge in [-0.05, 0) is 35.6 Å².